The Kier molecular flexibility index (Phi) is 9.24. The molecule has 0 heterocycles. The van der Waals surface area contributed by atoms with Gasteiger partial charge in [-0.25, -0.2) is 4.79 Å². The summed E-state index contributed by atoms with van der Waals surface area (Å²) in [5.41, 5.74) is 1.07. The number of unbranched alkanes of at least 4 members (excludes halogenated alkanes) is 1. The zero-order chi connectivity index (χ0) is 17.2. The van der Waals surface area contributed by atoms with Crippen molar-refractivity contribution in [1.29, 1.82) is 0 Å². The second kappa shape index (κ2) is 10.0. The number of nitrogens with one attached hydrogen (secondary N) is 1. The van der Waals surface area contributed by atoms with Crippen LogP contribution in [-0.2, 0) is 16.1 Å². The molecular weight excluding hydrogens is 323 g/mol. The van der Waals surface area contributed by atoms with Gasteiger partial charge in [0.05, 0.1) is 0 Å². The lowest BCUT2D eigenvalue weighted by molar-refractivity contribution is -0.192. The predicted octanol–water partition coefficient (Wildman–Crippen LogP) is 3.78. The first-order valence-electron chi connectivity index (χ1n) is 6.48. The summed E-state index contributed by atoms with van der Waals surface area (Å²) in [7, 11) is 0. The van der Waals surface area contributed by atoms with Crippen LogP contribution in [0.15, 0.2) is 24.3 Å². The van der Waals surface area contributed by atoms with E-state index in [0.717, 1.165) is 23.4 Å². The van der Waals surface area contributed by atoms with Crippen molar-refractivity contribution in [2.45, 2.75) is 38.9 Å². The molecule has 0 fully saturated rings. The highest BCUT2D eigenvalue weighted by Crippen LogP contribution is 2.13. The van der Waals surface area contributed by atoms with E-state index in [0.29, 0.717) is 13.0 Å². The van der Waals surface area contributed by atoms with Crippen molar-refractivity contribution in [3.05, 3.63) is 34.9 Å². The minimum Gasteiger partial charge on any atom is -0.475 e. The maximum absolute atomic E-state index is 11.3. The Hall–Kier alpha value is -1.76. The van der Waals surface area contributed by atoms with Crippen molar-refractivity contribution in [3.63, 3.8) is 0 Å². The zero-order valence-corrected chi connectivity index (χ0v) is 12.7. The highest BCUT2D eigenvalue weighted by molar-refractivity contribution is 6.30. The lowest BCUT2D eigenvalue weighted by atomic mass is 10.2. The van der Waals surface area contributed by atoms with Gasteiger partial charge in [-0.05, 0) is 24.1 Å². The van der Waals surface area contributed by atoms with Gasteiger partial charge in [0.1, 0.15) is 0 Å². The van der Waals surface area contributed by atoms with Crippen molar-refractivity contribution < 1.29 is 27.9 Å². The largest absolute Gasteiger partial charge is 0.490 e. The van der Waals surface area contributed by atoms with Crippen LogP contribution in [0.2, 0.25) is 5.02 Å². The van der Waals surface area contributed by atoms with Gasteiger partial charge >= 0.3 is 12.1 Å². The second-order valence-corrected chi connectivity index (χ2v) is 4.75. The van der Waals surface area contributed by atoms with E-state index in [1.165, 1.54) is 0 Å². The van der Waals surface area contributed by atoms with Gasteiger partial charge in [0, 0.05) is 18.0 Å². The molecule has 0 bridgehead atoms. The number of carboxylic acids is 1. The van der Waals surface area contributed by atoms with E-state index >= 15 is 0 Å². The molecule has 2 N–H and O–H groups in total. The van der Waals surface area contributed by atoms with E-state index in [9.17, 15) is 18.0 Å². The molecule has 22 heavy (non-hydrogen) atoms. The Morgan fingerprint density at radius 1 is 1.23 bits per heavy atom. The summed E-state index contributed by atoms with van der Waals surface area (Å²) >= 11 is 5.76. The Morgan fingerprint density at radius 3 is 2.14 bits per heavy atom. The van der Waals surface area contributed by atoms with Crippen LogP contribution in [0, 0.1) is 0 Å². The summed E-state index contributed by atoms with van der Waals surface area (Å²) in [6.45, 7) is 2.66. The molecule has 8 heteroatoms. The molecule has 1 aromatic rings. The number of carboxylic acid groups (broad SMARTS) is 1. The van der Waals surface area contributed by atoms with Crippen LogP contribution in [0.3, 0.4) is 0 Å². The Morgan fingerprint density at radius 2 is 1.73 bits per heavy atom. The number of benzene rings is 1. The molecule has 0 aliphatic rings. The summed E-state index contributed by atoms with van der Waals surface area (Å²) in [5, 5.41) is 10.7. The molecule has 0 spiro atoms. The SMILES string of the molecule is CCCCC(=O)NCc1ccc(Cl)cc1.O=C(O)C(F)(F)F. The number of halogens is 4. The quantitative estimate of drug-likeness (QED) is 0.858. The lowest BCUT2D eigenvalue weighted by Crippen LogP contribution is -2.22. The summed E-state index contributed by atoms with van der Waals surface area (Å²) in [6.07, 6.45) is -2.47. The van der Waals surface area contributed by atoms with Crippen LogP contribution in [0.5, 0.6) is 0 Å². The molecule has 4 nitrogen and oxygen atoms in total. The number of hydrogen-bond acceptors (Lipinski definition) is 2. The minimum atomic E-state index is -5.08. The minimum absolute atomic E-state index is 0.117. The summed E-state index contributed by atoms with van der Waals surface area (Å²) in [4.78, 5) is 20.2. The number of carbonyl (C=O) groups is 2. The molecular formula is C14H17ClF3NO3. The van der Waals surface area contributed by atoms with Crippen molar-refractivity contribution in [2.24, 2.45) is 0 Å². The molecule has 1 aromatic carbocycles. The highest BCUT2D eigenvalue weighted by atomic mass is 35.5. The predicted molar refractivity (Wildman–Crippen MR) is 76.5 cm³/mol. The fourth-order valence-electron chi connectivity index (χ4n) is 1.23. The van der Waals surface area contributed by atoms with Crippen LogP contribution in [0.1, 0.15) is 31.7 Å². The van der Waals surface area contributed by atoms with E-state index in [-0.39, 0.29) is 5.91 Å². The topological polar surface area (TPSA) is 66.4 Å². The molecule has 0 saturated carbocycles. The number of aliphatic carboxylic acids is 1. The molecule has 0 aliphatic carbocycles. The lowest BCUT2D eigenvalue weighted by Gasteiger charge is -2.04. The number of carbonyl (C=O) groups excluding carboxylic acids is 1. The monoisotopic (exact) mass is 339 g/mol. The van der Waals surface area contributed by atoms with Crippen molar-refractivity contribution >= 4 is 23.5 Å². The molecule has 1 amide bonds. The van der Waals surface area contributed by atoms with Crippen molar-refractivity contribution in [3.8, 4) is 0 Å². The first-order chi connectivity index (χ1) is 10.2. The van der Waals surface area contributed by atoms with Gasteiger partial charge in [0.25, 0.3) is 0 Å². The van der Waals surface area contributed by atoms with Crippen LogP contribution in [-0.4, -0.2) is 23.2 Å². The average Bonchev–Trinajstić information content (AvgIpc) is 2.44. The third-order valence-corrected chi connectivity index (χ3v) is 2.65. The number of hydrogen-bond donors (Lipinski definition) is 2. The first-order valence-corrected chi connectivity index (χ1v) is 6.85. The normalized spacial score (nSPS) is 10.4. The third-order valence-electron chi connectivity index (χ3n) is 2.40. The smallest absolute Gasteiger partial charge is 0.475 e. The maximum Gasteiger partial charge on any atom is 0.490 e. The highest BCUT2D eigenvalue weighted by Gasteiger charge is 2.38. The standard InChI is InChI=1S/C12H16ClNO.C2HF3O2/c1-2-3-4-12(15)14-9-10-5-7-11(13)8-6-10;3-2(4,5)1(6)7/h5-8H,2-4,9H2,1H3,(H,14,15);(H,6,7). The summed E-state index contributed by atoms with van der Waals surface area (Å²) < 4.78 is 31.7. The van der Waals surface area contributed by atoms with E-state index < -0.39 is 12.1 Å². The number of alkyl halides is 3. The molecule has 0 saturated heterocycles. The van der Waals surface area contributed by atoms with Gasteiger partial charge in [-0.1, -0.05) is 37.1 Å². The fraction of sp³-hybridized carbons (Fsp3) is 0.429. The van der Waals surface area contributed by atoms with Crippen LogP contribution in [0.25, 0.3) is 0 Å². The van der Waals surface area contributed by atoms with E-state index in [2.05, 4.69) is 12.2 Å². The van der Waals surface area contributed by atoms with Gasteiger partial charge in [0.2, 0.25) is 5.91 Å². The van der Waals surface area contributed by atoms with Gasteiger partial charge in [0.15, 0.2) is 0 Å². The van der Waals surface area contributed by atoms with Gasteiger partial charge in [-0.3, -0.25) is 4.79 Å². The fourth-order valence-corrected chi connectivity index (χ4v) is 1.35. The number of rotatable bonds is 5. The zero-order valence-electron chi connectivity index (χ0n) is 11.9. The molecule has 0 radical (unpaired) electrons. The van der Waals surface area contributed by atoms with E-state index in [1.54, 1.807) is 0 Å². The molecule has 124 valence electrons. The average molecular weight is 340 g/mol. The Labute approximate surface area is 131 Å². The summed E-state index contributed by atoms with van der Waals surface area (Å²) in [6, 6.07) is 7.50. The first kappa shape index (κ1) is 20.2. The van der Waals surface area contributed by atoms with Gasteiger partial charge in [-0.2, -0.15) is 13.2 Å². The summed E-state index contributed by atoms with van der Waals surface area (Å²) in [5.74, 6) is -2.64. The third kappa shape index (κ3) is 10.0. The Balaban J connectivity index is 0.000000534. The molecule has 1 rings (SSSR count). The number of amides is 1. The second-order valence-electron chi connectivity index (χ2n) is 4.31. The Bertz CT molecular complexity index is 475. The van der Waals surface area contributed by atoms with E-state index in [4.69, 9.17) is 21.5 Å². The molecule has 0 atom stereocenters. The van der Waals surface area contributed by atoms with Crippen molar-refractivity contribution in [1.82, 2.24) is 5.32 Å². The van der Waals surface area contributed by atoms with Crippen molar-refractivity contribution in [2.75, 3.05) is 0 Å². The van der Waals surface area contributed by atoms with Crippen LogP contribution in [0.4, 0.5) is 13.2 Å². The maximum atomic E-state index is 11.3. The molecule has 0 aromatic heterocycles. The molecule has 0 unspecified atom stereocenters. The van der Waals surface area contributed by atoms with Gasteiger partial charge in [-0.15, -0.1) is 0 Å². The van der Waals surface area contributed by atoms with Crippen LogP contribution < -0.4 is 5.32 Å². The van der Waals surface area contributed by atoms with E-state index in [1.807, 2.05) is 24.3 Å². The van der Waals surface area contributed by atoms with Crippen LogP contribution >= 0.6 is 11.6 Å². The van der Waals surface area contributed by atoms with Gasteiger partial charge < -0.3 is 10.4 Å². The molecule has 0 aliphatic heterocycles.